The monoisotopic (exact) mass is 216 g/mol. The van der Waals surface area contributed by atoms with E-state index in [4.69, 9.17) is 9.47 Å². The molecule has 15 heavy (non-hydrogen) atoms. The van der Waals surface area contributed by atoms with Gasteiger partial charge in [-0.05, 0) is 33.2 Å². The Kier molecular flexibility index (Phi) is 6.92. The highest BCUT2D eigenvalue weighted by atomic mass is 16.7. The maximum absolute atomic E-state index is 5.44. The summed E-state index contributed by atoms with van der Waals surface area (Å²) in [5, 5.41) is 6.83. The summed E-state index contributed by atoms with van der Waals surface area (Å²) in [5.74, 6) is 0. The van der Waals surface area contributed by atoms with Crippen molar-refractivity contribution < 1.29 is 9.47 Å². The van der Waals surface area contributed by atoms with Gasteiger partial charge in [-0.15, -0.1) is 0 Å². The van der Waals surface area contributed by atoms with Crippen LogP contribution < -0.4 is 10.6 Å². The second-order valence-corrected chi connectivity index (χ2v) is 3.79. The second-order valence-electron chi connectivity index (χ2n) is 3.79. The fourth-order valence-corrected chi connectivity index (χ4v) is 1.84. The molecule has 0 amide bonds. The van der Waals surface area contributed by atoms with Crippen molar-refractivity contribution in [3.05, 3.63) is 0 Å². The van der Waals surface area contributed by atoms with E-state index in [0.29, 0.717) is 19.3 Å². The fraction of sp³-hybridized carbons (Fsp3) is 1.00. The van der Waals surface area contributed by atoms with Gasteiger partial charge in [0.1, 0.15) is 0 Å². The molecule has 0 aromatic carbocycles. The molecule has 4 heteroatoms. The third-order valence-electron chi connectivity index (χ3n) is 2.57. The summed E-state index contributed by atoms with van der Waals surface area (Å²) in [6.45, 7) is 8.33. The van der Waals surface area contributed by atoms with Crippen molar-refractivity contribution in [2.45, 2.75) is 39.0 Å². The van der Waals surface area contributed by atoms with Crippen LogP contribution in [0.3, 0.4) is 0 Å². The van der Waals surface area contributed by atoms with E-state index in [0.717, 1.165) is 19.6 Å². The molecule has 0 aromatic rings. The molecule has 0 radical (unpaired) electrons. The summed E-state index contributed by atoms with van der Waals surface area (Å²) in [6.07, 6.45) is 2.48. The zero-order chi connectivity index (χ0) is 10.9. The third kappa shape index (κ3) is 5.47. The van der Waals surface area contributed by atoms with Gasteiger partial charge in [-0.25, -0.2) is 0 Å². The molecule has 1 atom stereocenters. The van der Waals surface area contributed by atoms with Gasteiger partial charge in [0.2, 0.25) is 0 Å². The molecule has 1 rings (SSSR count). The minimum atomic E-state index is -0.0959. The highest BCUT2D eigenvalue weighted by Crippen LogP contribution is 2.03. The summed E-state index contributed by atoms with van der Waals surface area (Å²) < 4.78 is 10.9. The lowest BCUT2D eigenvalue weighted by Crippen LogP contribution is -2.39. The molecule has 0 aromatic heterocycles. The first kappa shape index (κ1) is 12.9. The summed E-state index contributed by atoms with van der Waals surface area (Å²) in [6, 6.07) is 0.633. The largest absolute Gasteiger partial charge is 0.352 e. The van der Waals surface area contributed by atoms with Crippen LogP contribution in [0, 0.1) is 0 Å². The molecule has 0 spiro atoms. The quantitative estimate of drug-likeness (QED) is 0.587. The van der Waals surface area contributed by atoms with Crippen molar-refractivity contribution in [1.82, 2.24) is 10.6 Å². The average molecular weight is 216 g/mol. The van der Waals surface area contributed by atoms with Crippen LogP contribution >= 0.6 is 0 Å². The Balaban J connectivity index is 2.04. The smallest absolute Gasteiger partial charge is 0.169 e. The average Bonchev–Trinajstić information content (AvgIpc) is 2.71. The first-order valence-corrected chi connectivity index (χ1v) is 6.04. The highest BCUT2D eigenvalue weighted by Gasteiger charge is 2.14. The second kappa shape index (κ2) is 8.05. The molecule has 2 N–H and O–H groups in total. The van der Waals surface area contributed by atoms with Crippen LogP contribution in [0.15, 0.2) is 0 Å². The molecular weight excluding hydrogens is 192 g/mol. The topological polar surface area (TPSA) is 42.5 Å². The molecule has 0 saturated carbocycles. The zero-order valence-corrected chi connectivity index (χ0v) is 9.92. The number of nitrogens with one attached hydrogen (secondary N) is 2. The van der Waals surface area contributed by atoms with E-state index < -0.39 is 0 Å². The van der Waals surface area contributed by atoms with Gasteiger partial charge in [0.25, 0.3) is 0 Å². The Hall–Kier alpha value is -0.160. The Morgan fingerprint density at radius 3 is 2.60 bits per heavy atom. The molecule has 4 nitrogen and oxygen atoms in total. The maximum atomic E-state index is 5.44. The van der Waals surface area contributed by atoms with E-state index in [9.17, 15) is 0 Å². The Morgan fingerprint density at radius 2 is 2.07 bits per heavy atom. The van der Waals surface area contributed by atoms with Gasteiger partial charge in [0.15, 0.2) is 6.29 Å². The molecule has 1 fully saturated rings. The van der Waals surface area contributed by atoms with Crippen LogP contribution in [0.2, 0.25) is 0 Å². The van der Waals surface area contributed by atoms with Crippen LogP contribution in [-0.4, -0.2) is 45.2 Å². The van der Waals surface area contributed by atoms with Gasteiger partial charge in [0, 0.05) is 32.3 Å². The lowest BCUT2D eigenvalue weighted by atomic mass is 10.2. The standard InChI is InChI=1S/C11H24N2O2/c1-3-14-11(15-4-2)9-12-8-10-6-5-7-13-10/h10-13H,3-9H2,1-2H3. The first-order valence-electron chi connectivity index (χ1n) is 6.04. The fourth-order valence-electron chi connectivity index (χ4n) is 1.84. The van der Waals surface area contributed by atoms with E-state index >= 15 is 0 Å². The van der Waals surface area contributed by atoms with Crippen molar-refractivity contribution in [3.8, 4) is 0 Å². The van der Waals surface area contributed by atoms with E-state index in [1.165, 1.54) is 12.8 Å². The van der Waals surface area contributed by atoms with Gasteiger partial charge >= 0.3 is 0 Å². The highest BCUT2D eigenvalue weighted by molar-refractivity contribution is 4.76. The van der Waals surface area contributed by atoms with Gasteiger partial charge in [-0.2, -0.15) is 0 Å². The number of hydrogen-bond acceptors (Lipinski definition) is 4. The minimum absolute atomic E-state index is 0.0959. The molecular formula is C11H24N2O2. The van der Waals surface area contributed by atoms with Crippen molar-refractivity contribution >= 4 is 0 Å². The van der Waals surface area contributed by atoms with E-state index in [1.807, 2.05) is 13.8 Å². The molecule has 1 aliphatic heterocycles. The summed E-state index contributed by atoms with van der Waals surface area (Å²) in [4.78, 5) is 0. The lowest BCUT2D eigenvalue weighted by molar-refractivity contribution is -0.132. The van der Waals surface area contributed by atoms with Crippen molar-refractivity contribution in [1.29, 1.82) is 0 Å². The molecule has 1 saturated heterocycles. The molecule has 90 valence electrons. The van der Waals surface area contributed by atoms with E-state index in [-0.39, 0.29) is 6.29 Å². The van der Waals surface area contributed by atoms with Crippen molar-refractivity contribution in [2.24, 2.45) is 0 Å². The Labute approximate surface area is 92.7 Å². The molecule has 0 bridgehead atoms. The van der Waals surface area contributed by atoms with Crippen LogP contribution in [0.5, 0.6) is 0 Å². The van der Waals surface area contributed by atoms with Crippen LogP contribution in [0.1, 0.15) is 26.7 Å². The lowest BCUT2D eigenvalue weighted by Gasteiger charge is -2.19. The van der Waals surface area contributed by atoms with Crippen LogP contribution in [-0.2, 0) is 9.47 Å². The third-order valence-corrected chi connectivity index (χ3v) is 2.57. The number of hydrogen-bond donors (Lipinski definition) is 2. The maximum Gasteiger partial charge on any atom is 0.169 e. The Morgan fingerprint density at radius 1 is 1.33 bits per heavy atom. The molecule has 0 aliphatic carbocycles. The van der Waals surface area contributed by atoms with Crippen molar-refractivity contribution in [3.63, 3.8) is 0 Å². The summed E-state index contributed by atoms with van der Waals surface area (Å²) in [5.41, 5.74) is 0. The molecule has 1 unspecified atom stereocenters. The van der Waals surface area contributed by atoms with Gasteiger partial charge < -0.3 is 20.1 Å². The van der Waals surface area contributed by atoms with E-state index in [2.05, 4.69) is 10.6 Å². The SMILES string of the molecule is CCOC(CNCC1CCCN1)OCC. The van der Waals surface area contributed by atoms with Crippen molar-refractivity contribution in [2.75, 3.05) is 32.8 Å². The number of rotatable bonds is 8. The predicted molar refractivity (Wildman–Crippen MR) is 60.9 cm³/mol. The van der Waals surface area contributed by atoms with E-state index in [1.54, 1.807) is 0 Å². The zero-order valence-electron chi connectivity index (χ0n) is 9.92. The predicted octanol–water partition coefficient (Wildman–Crippen LogP) is 0.727. The van der Waals surface area contributed by atoms with Gasteiger partial charge in [-0.1, -0.05) is 0 Å². The molecule has 1 aliphatic rings. The number of ether oxygens (including phenoxy) is 2. The van der Waals surface area contributed by atoms with Gasteiger partial charge in [-0.3, -0.25) is 0 Å². The Bertz CT molecular complexity index is 144. The molecule has 1 heterocycles. The summed E-state index contributed by atoms with van der Waals surface area (Å²) in [7, 11) is 0. The first-order chi connectivity index (χ1) is 7.36. The minimum Gasteiger partial charge on any atom is -0.352 e. The van der Waals surface area contributed by atoms with Crippen LogP contribution in [0.4, 0.5) is 0 Å². The summed E-state index contributed by atoms with van der Waals surface area (Å²) >= 11 is 0. The normalized spacial score (nSPS) is 21.4. The van der Waals surface area contributed by atoms with Gasteiger partial charge in [0.05, 0.1) is 0 Å². The van der Waals surface area contributed by atoms with Crippen LogP contribution in [0.25, 0.3) is 0 Å².